The van der Waals surface area contributed by atoms with Crippen molar-refractivity contribution in [2.24, 2.45) is 0 Å². The molecule has 1 fully saturated rings. The number of fused-ring (bicyclic) bond motifs is 2. The van der Waals surface area contributed by atoms with E-state index >= 15 is 0 Å². The number of hydrogen-bond donors (Lipinski definition) is 0. The van der Waals surface area contributed by atoms with Gasteiger partial charge in [-0.3, -0.25) is 0 Å². The molecule has 228 valence electrons. The van der Waals surface area contributed by atoms with Gasteiger partial charge in [-0.05, 0) is 128 Å². The normalized spacial score (nSPS) is 17.4. The highest BCUT2D eigenvalue weighted by atomic mass is 31.2. The molecule has 3 aliphatic carbocycles. The number of benzene rings is 5. The third-order valence-electron chi connectivity index (χ3n) is 10.3. The summed E-state index contributed by atoms with van der Waals surface area (Å²) in [6, 6.07) is 53.8. The molecule has 5 aromatic carbocycles. The van der Waals surface area contributed by atoms with Gasteiger partial charge in [-0.2, -0.15) is 0 Å². The van der Waals surface area contributed by atoms with Gasteiger partial charge in [0, 0.05) is 0 Å². The molecule has 0 spiro atoms. The van der Waals surface area contributed by atoms with E-state index in [1.807, 2.05) is 0 Å². The molecule has 0 saturated heterocycles. The summed E-state index contributed by atoms with van der Waals surface area (Å²) in [6.07, 6.45) is 13.8. The van der Waals surface area contributed by atoms with E-state index in [2.05, 4.69) is 146 Å². The summed E-state index contributed by atoms with van der Waals surface area (Å²) < 4.78 is 0. The van der Waals surface area contributed by atoms with Crippen molar-refractivity contribution >= 4 is 42.6 Å². The summed E-state index contributed by atoms with van der Waals surface area (Å²) in [5.41, 5.74) is 9.80. The van der Waals surface area contributed by atoms with Crippen molar-refractivity contribution in [2.45, 2.75) is 62.7 Å². The van der Waals surface area contributed by atoms with Crippen LogP contribution in [0.4, 0.5) is 0 Å². The van der Waals surface area contributed by atoms with E-state index in [-0.39, 0.29) is 4.90 Å². The molecule has 0 amide bonds. The molecule has 0 atom stereocenters. The Morgan fingerprint density at radius 1 is 0.435 bits per heavy atom. The lowest BCUT2D eigenvalue weighted by atomic mass is 9.76. The van der Waals surface area contributed by atoms with E-state index in [4.69, 9.17) is 0 Å². The maximum atomic E-state index is 2.72. The van der Waals surface area contributed by atoms with E-state index in [1.54, 1.807) is 33.4 Å². The Labute approximate surface area is 277 Å². The van der Waals surface area contributed by atoms with Crippen LogP contribution in [0, 0.1) is 0 Å². The SMILES string of the molecule is C1=C2CCCCC2=C(c2cccc3c2CCCC3)C(P(c2ccccc2)c2ccccc2)(P(c2ccccc2)c2ccccc2)C1. The maximum Gasteiger partial charge on any atom is 0.0557 e. The first kappa shape index (κ1) is 29.8. The van der Waals surface area contributed by atoms with Gasteiger partial charge in [0.15, 0.2) is 0 Å². The highest BCUT2D eigenvalue weighted by Gasteiger charge is 2.53. The first-order valence-electron chi connectivity index (χ1n) is 17.2. The monoisotopic (exact) mass is 632 g/mol. The lowest BCUT2D eigenvalue weighted by Gasteiger charge is -2.52. The van der Waals surface area contributed by atoms with Crippen LogP contribution < -0.4 is 21.2 Å². The fraction of sp³-hybridized carbons (Fsp3) is 0.227. The zero-order chi connectivity index (χ0) is 30.8. The topological polar surface area (TPSA) is 0 Å². The fourth-order valence-electron chi connectivity index (χ4n) is 8.41. The summed E-state index contributed by atoms with van der Waals surface area (Å²) in [5, 5.41) is 5.94. The van der Waals surface area contributed by atoms with Gasteiger partial charge in [0.1, 0.15) is 0 Å². The first-order valence-corrected chi connectivity index (χ1v) is 19.9. The molecule has 8 rings (SSSR count). The van der Waals surface area contributed by atoms with Crippen LogP contribution in [0.15, 0.2) is 157 Å². The lowest BCUT2D eigenvalue weighted by Crippen LogP contribution is -2.42. The van der Waals surface area contributed by atoms with Gasteiger partial charge < -0.3 is 0 Å². The zero-order valence-corrected chi connectivity index (χ0v) is 28.4. The van der Waals surface area contributed by atoms with Crippen LogP contribution in [-0.4, -0.2) is 4.90 Å². The summed E-state index contributed by atoms with van der Waals surface area (Å²) in [6.45, 7) is 0. The van der Waals surface area contributed by atoms with E-state index in [0.29, 0.717) is 0 Å². The third kappa shape index (κ3) is 5.35. The fourth-order valence-corrected chi connectivity index (χ4v) is 16.3. The maximum absolute atomic E-state index is 2.72. The van der Waals surface area contributed by atoms with Gasteiger partial charge in [0.25, 0.3) is 0 Å². The van der Waals surface area contributed by atoms with Gasteiger partial charge in [-0.25, -0.2) is 0 Å². The van der Waals surface area contributed by atoms with Gasteiger partial charge >= 0.3 is 0 Å². The average Bonchev–Trinajstić information content (AvgIpc) is 3.13. The summed E-state index contributed by atoms with van der Waals surface area (Å²) in [4.78, 5) is -0.126. The predicted molar refractivity (Wildman–Crippen MR) is 202 cm³/mol. The summed E-state index contributed by atoms with van der Waals surface area (Å²) >= 11 is 0. The van der Waals surface area contributed by atoms with Crippen LogP contribution in [0.3, 0.4) is 0 Å². The number of allylic oxidation sites excluding steroid dienone is 4. The van der Waals surface area contributed by atoms with Crippen molar-refractivity contribution < 1.29 is 0 Å². The Kier molecular flexibility index (Phi) is 8.61. The zero-order valence-electron chi connectivity index (χ0n) is 26.6. The molecule has 0 nitrogen and oxygen atoms in total. The largest absolute Gasteiger partial charge is 0.0794 e. The Hall–Kier alpha value is -3.56. The second-order valence-electron chi connectivity index (χ2n) is 13.0. The van der Waals surface area contributed by atoms with E-state index in [0.717, 1.165) is 6.42 Å². The van der Waals surface area contributed by atoms with Crippen molar-refractivity contribution in [3.05, 3.63) is 173 Å². The van der Waals surface area contributed by atoms with Crippen molar-refractivity contribution in [1.82, 2.24) is 0 Å². The lowest BCUT2D eigenvalue weighted by molar-refractivity contribution is 0.664. The molecule has 0 unspecified atom stereocenters. The van der Waals surface area contributed by atoms with Crippen LogP contribution in [0.1, 0.15) is 61.6 Å². The minimum absolute atomic E-state index is 0.126. The molecule has 0 radical (unpaired) electrons. The molecule has 2 heteroatoms. The van der Waals surface area contributed by atoms with E-state index in [9.17, 15) is 0 Å². The van der Waals surface area contributed by atoms with Gasteiger partial charge in [0.05, 0.1) is 4.90 Å². The Morgan fingerprint density at radius 2 is 0.913 bits per heavy atom. The molecule has 1 saturated carbocycles. The van der Waals surface area contributed by atoms with Crippen molar-refractivity contribution in [2.75, 3.05) is 0 Å². The number of hydrogen-bond acceptors (Lipinski definition) is 0. The minimum atomic E-state index is -0.822. The molecule has 0 bridgehead atoms. The van der Waals surface area contributed by atoms with Gasteiger partial charge in [-0.1, -0.05) is 146 Å². The van der Waals surface area contributed by atoms with Gasteiger partial charge in [0.2, 0.25) is 0 Å². The smallest absolute Gasteiger partial charge is 0.0557 e. The highest BCUT2D eigenvalue weighted by Crippen LogP contribution is 2.74. The number of aryl methyl sites for hydroxylation is 1. The van der Waals surface area contributed by atoms with E-state index < -0.39 is 15.8 Å². The average molecular weight is 633 g/mol. The van der Waals surface area contributed by atoms with Crippen molar-refractivity contribution in [1.29, 1.82) is 0 Å². The van der Waals surface area contributed by atoms with E-state index in [1.165, 1.54) is 72.6 Å². The van der Waals surface area contributed by atoms with Crippen molar-refractivity contribution in [3.8, 4) is 0 Å². The van der Waals surface area contributed by atoms with Crippen molar-refractivity contribution in [3.63, 3.8) is 0 Å². The second-order valence-corrected chi connectivity index (χ2v) is 18.3. The molecule has 0 heterocycles. The van der Waals surface area contributed by atoms with Crippen LogP contribution in [-0.2, 0) is 12.8 Å². The molecular weight excluding hydrogens is 590 g/mol. The standard InChI is InChI=1S/C44H42P2/c1-5-21-36(22-6-1)45(37-23-7-2-8-24-37)44(46(38-25-9-3-10-26-38)39-27-11-4-12-28-39)33-32-35-19-14-16-30-41(35)43(44)42-31-17-20-34-18-13-15-29-40(34)42/h1-12,17,20-28,31-32H,13-16,18-19,29-30,33H2. The molecule has 46 heavy (non-hydrogen) atoms. The molecular formula is C44H42P2. The first-order chi connectivity index (χ1) is 22.8. The summed E-state index contributed by atoms with van der Waals surface area (Å²) in [5.74, 6) is 0. The van der Waals surface area contributed by atoms with Crippen LogP contribution in [0.5, 0.6) is 0 Å². The molecule has 3 aliphatic rings. The van der Waals surface area contributed by atoms with Gasteiger partial charge in [-0.15, -0.1) is 0 Å². The number of rotatable bonds is 7. The highest BCUT2D eigenvalue weighted by molar-refractivity contribution is 7.91. The second kappa shape index (κ2) is 13.3. The molecule has 5 aromatic rings. The third-order valence-corrected chi connectivity index (χ3v) is 17.1. The molecule has 0 N–H and O–H groups in total. The predicted octanol–water partition coefficient (Wildman–Crippen LogP) is 10.2. The minimum Gasteiger partial charge on any atom is -0.0794 e. The Bertz CT molecular complexity index is 1690. The van der Waals surface area contributed by atoms with Crippen LogP contribution in [0.2, 0.25) is 0 Å². The Morgan fingerprint density at radius 3 is 1.46 bits per heavy atom. The molecule has 0 aliphatic heterocycles. The van der Waals surface area contributed by atoms with Crippen LogP contribution >= 0.6 is 15.8 Å². The quantitative estimate of drug-likeness (QED) is 0.157. The molecule has 0 aromatic heterocycles. The summed E-state index contributed by atoms with van der Waals surface area (Å²) in [7, 11) is -1.64. The van der Waals surface area contributed by atoms with Crippen LogP contribution in [0.25, 0.3) is 5.57 Å². The Balaban J connectivity index is 1.54.